The van der Waals surface area contributed by atoms with Gasteiger partial charge in [-0.05, 0) is 42.9 Å². The van der Waals surface area contributed by atoms with Crippen molar-refractivity contribution in [2.45, 2.75) is 78.8 Å². The Bertz CT molecular complexity index is 349. The van der Waals surface area contributed by atoms with Gasteiger partial charge in [0.2, 0.25) is 0 Å². The Balaban J connectivity index is 2.05. The second-order valence-corrected chi connectivity index (χ2v) is 7.80. The predicted octanol–water partition coefficient (Wildman–Crippen LogP) is 3.79. The number of amides is 2. The Labute approximate surface area is 118 Å². The van der Waals surface area contributed by atoms with Crippen LogP contribution < -0.4 is 5.32 Å². The molecule has 0 aromatic heterocycles. The molecule has 2 unspecified atom stereocenters. The Hall–Kier alpha value is -0.730. The number of carbonyl (C=O) groups excluding carboxylic acids is 1. The molecule has 2 aliphatic rings. The van der Waals surface area contributed by atoms with Crippen LogP contribution in [0.5, 0.6) is 0 Å². The van der Waals surface area contributed by atoms with E-state index in [2.05, 4.69) is 44.8 Å². The number of fused-ring (bicyclic) bond motifs is 2. The topological polar surface area (TPSA) is 32.3 Å². The van der Waals surface area contributed by atoms with Crippen LogP contribution in [0.3, 0.4) is 0 Å². The molecule has 2 amide bonds. The summed E-state index contributed by atoms with van der Waals surface area (Å²) in [6.07, 6.45) is 5.62. The van der Waals surface area contributed by atoms with Gasteiger partial charge in [0.1, 0.15) is 0 Å². The standard InChI is InChI=1S/C16H30N2O/c1-6-12(7-2)17-14(19)18-11-16(5)9-13(18)8-15(3,4)10-16/h12-13H,6-11H2,1-5H3,(H,17,19). The van der Waals surface area contributed by atoms with E-state index >= 15 is 0 Å². The summed E-state index contributed by atoms with van der Waals surface area (Å²) in [4.78, 5) is 14.6. The van der Waals surface area contributed by atoms with Crippen molar-refractivity contribution in [3.63, 3.8) is 0 Å². The zero-order valence-electron chi connectivity index (χ0n) is 13.3. The minimum Gasteiger partial charge on any atom is -0.335 e. The highest BCUT2D eigenvalue weighted by molar-refractivity contribution is 5.75. The Morgan fingerprint density at radius 1 is 1.26 bits per heavy atom. The van der Waals surface area contributed by atoms with Gasteiger partial charge in [-0.3, -0.25) is 0 Å². The minimum atomic E-state index is 0.167. The van der Waals surface area contributed by atoms with Crippen LogP contribution in [0, 0.1) is 10.8 Å². The lowest BCUT2D eigenvalue weighted by Gasteiger charge is -2.39. The normalized spacial score (nSPS) is 32.7. The molecule has 0 aromatic rings. The number of rotatable bonds is 3. The van der Waals surface area contributed by atoms with Gasteiger partial charge in [-0.15, -0.1) is 0 Å². The molecule has 1 aliphatic heterocycles. The molecule has 2 rings (SSSR count). The average Bonchev–Trinajstić information content (AvgIpc) is 2.55. The molecule has 1 N–H and O–H groups in total. The highest BCUT2D eigenvalue weighted by atomic mass is 16.2. The first-order valence-electron chi connectivity index (χ1n) is 7.86. The molecule has 1 heterocycles. The van der Waals surface area contributed by atoms with Crippen molar-refractivity contribution < 1.29 is 4.79 Å². The molecule has 2 bridgehead atoms. The molecule has 2 fully saturated rings. The van der Waals surface area contributed by atoms with Gasteiger partial charge in [0, 0.05) is 18.6 Å². The first-order valence-corrected chi connectivity index (χ1v) is 7.86. The van der Waals surface area contributed by atoms with Crippen LogP contribution in [0.15, 0.2) is 0 Å². The average molecular weight is 266 g/mol. The van der Waals surface area contributed by atoms with Crippen LogP contribution in [-0.4, -0.2) is 29.6 Å². The van der Waals surface area contributed by atoms with Crippen LogP contribution >= 0.6 is 0 Å². The maximum atomic E-state index is 12.5. The maximum absolute atomic E-state index is 12.5. The molecule has 0 radical (unpaired) electrons. The van der Waals surface area contributed by atoms with Gasteiger partial charge in [0.25, 0.3) is 0 Å². The molecule has 3 heteroatoms. The van der Waals surface area contributed by atoms with Gasteiger partial charge in [0.05, 0.1) is 0 Å². The summed E-state index contributed by atoms with van der Waals surface area (Å²) in [5.74, 6) is 0. The molecular formula is C16H30N2O. The van der Waals surface area contributed by atoms with Crippen molar-refractivity contribution in [1.29, 1.82) is 0 Å². The SMILES string of the molecule is CCC(CC)NC(=O)N1CC2(C)CC1CC(C)(C)C2. The predicted molar refractivity (Wildman–Crippen MR) is 79.1 cm³/mol. The number of nitrogens with one attached hydrogen (secondary N) is 1. The van der Waals surface area contributed by atoms with Gasteiger partial charge in [-0.25, -0.2) is 4.79 Å². The Morgan fingerprint density at radius 3 is 2.47 bits per heavy atom. The number of urea groups is 1. The number of nitrogens with zero attached hydrogens (tertiary/aromatic N) is 1. The van der Waals surface area contributed by atoms with E-state index in [0.717, 1.165) is 25.8 Å². The van der Waals surface area contributed by atoms with Gasteiger partial charge in [-0.2, -0.15) is 0 Å². The van der Waals surface area contributed by atoms with Crippen molar-refractivity contribution >= 4 is 6.03 Å². The fourth-order valence-corrected chi connectivity index (χ4v) is 4.45. The molecule has 2 atom stereocenters. The Kier molecular flexibility index (Phi) is 3.85. The first-order chi connectivity index (χ1) is 8.78. The van der Waals surface area contributed by atoms with Gasteiger partial charge < -0.3 is 10.2 Å². The summed E-state index contributed by atoms with van der Waals surface area (Å²) in [7, 11) is 0. The van der Waals surface area contributed by atoms with Crippen molar-refractivity contribution in [3.8, 4) is 0 Å². The number of carbonyl (C=O) groups is 1. The van der Waals surface area contributed by atoms with Crippen LogP contribution in [0.1, 0.15) is 66.7 Å². The van der Waals surface area contributed by atoms with Crippen molar-refractivity contribution in [2.24, 2.45) is 10.8 Å². The van der Waals surface area contributed by atoms with E-state index in [1.807, 2.05) is 0 Å². The van der Waals surface area contributed by atoms with Gasteiger partial charge in [-0.1, -0.05) is 34.6 Å². The molecule has 3 nitrogen and oxygen atoms in total. The smallest absolute Gasteiger partial charge is 0.317 e. The lowest BCUT2D eigenvalue weighted by molar-refractivity contribution is 0.129. The Morgan fingerprint density at radius 2 is 1.89 bits per heavy atom. The molecule has 1 aliphatic carbocycles. The summed E-state index contributed by atoms with van der Waals surface area (Å²) < 4.78 is 0. The summed E-state index contributed by atoms with van der Waals surface area (Å²) >= 11 is 0. The second-order valence-electron chi connectivity index (χ2n) is 7.80. The first kappa shape index (κ1) is 14.7. The maximum Gasteiger partial charge on any atom is 0.317 e. The van der Waals surface area contributed by atoms with E-state index in [4.69, 9.17) is 0 Å². The van der Waals surface area contributed by atoms with E-state index in [1.54, 1.807) is 0 Å². The van der Waals surface area contributed by atoms with E-state index < -0.39 is 0 Å². The number of hydrogen-bond acceptors (Lipinski definition) is 1. The third-order valence-electron chi connectivity index (χ3n) is 4.99. The lowest BCUT2D eigenvalue weighted by atomic mass is 9.65. The van der Waals surface area contributed by atoms with Crippen molar-refractivity contribution in [1.82, 2.24) is 10.2 Å². The summed E-state index contributed by atoms with van der Waals surface area (Å²) in [5.41, 5.74) is 0.708. The summed E-state index contributed by atoms with van der Waals surface area (Å²) in [6, 6.07) is 0.942. The monoisotopic (exact) mass is 266 g/mol. The van der Waals surface area contributed by atoms with Crippen LogP contribution in [-0.2, 0) is 0 Å². The minimum absolute atomic E-state index is 0.167. The van der Waals surface area contributed by atoms with E-state index in [9.17, 15) is 4.79 Å². The molecular weight excluding hydrogens is 236 g/mol. The summed E-state index contributed by atoms with van der Waals surface area (Å²) in [5, 5.41) is 3.20. The fourth-order valence-electron chi connectivity index (χ4n) is 4.45. The molecule has 110 valence electrons. The van der Waals surface area contributed by atoms with Crippen LogP contribution in [0.25, 0.3) is 0 Å². The molecule has 0 spiro atoms. The van der Waals surface area contributed by atoms with Crippen LogP contribution in [0.2, 0.25) is 0 Å². The molecule has 1 saturated heterocycles. The molecule has 19 heavy (non-hydrogen) atoms. The molecule has 0 aromatic carbocycles. The number of likely N-dealkylation sites (tertiary alicyclic amines) is 1. The van der Waals surface area contributed by atoms with Crippen molar-refractivity contribution in [2.75, 3.05) is 6.54 Å². The second kappa shape index (κ2) is 4.99. The molecule has 1 saturated carbocycles. The highest BCUT2D eigenvalue weighted by Gasteiger charge is 2.51. The van der Waals surface area contributed by atoms with E-state index in [0.29, 0.717) is 22.9 Å². The van der Waals surface area contributed by atoms with Gasteiger partial charge in [0.15, 0.2) is 0 Å². The third-order valence-corrected chi connectivity index (χ3v) is 4.99. The quantitative estimate of drug-likeness (QED) is 0.828. The van der Waals surface area contributed by atoms with E-state index in [-0.39, 0.29) is 6.03 Å². The lowest BCUT2D eigenvalue weighted by Crippen LogP contribution is -2.47. The number of hydrogen-bond donors (Lipinski definition) is 1. The highest BCUT2D eigenvalue weighted by Crippen LogP contribution is 2.52. The zero-order chi connectivity index (χ0) is 14.3. The third kappa shape index (κ3) is 3.06. The largest absolute Gasteiger partial charge is 0.335 e. The fraction of sp³-hybridized carbons (Fsp3) is 0.938. The van der Waals surface area contributed by atoms with Crippen molar-refractivity contribution in [3.05, 3.63) is 0 Å². The van der Waals surface area contributed by atoms with Gasteiger partial charge >= 0.3 is 6.03 Å². The van der Waals surface area contributed by atoms with E-state index in [1.165, 1.54) is 12.8 Å². The van der Waals surface area contributed by atoms with Crippen LogP contribution in [0.4, 0.5) is 4.79 Å². The summed E-state index contributed by atoms with van der Waals surface area (Å²) in [6.45, 7) is 12.3. The zero-order valence-corrected chi connectivity index (χ0v) is 13.3.